The van der Waals surface area contributed by atoms with Crippen LogP contribution in [-0.4, -0.2) is 17.4 Å². The van der Waals surface area contributed by atoms with Gasteiger partial charge in [0.2, 0.25) is 0 Å². The first-order valence-corrected chi connectivity index (χ1v) is 8.84. The molecule has 0 aliphatic heterocycles. The highest BCUT2D eigenvalue weighted by Crippen LogP contribution is 2.20. The Kier molecular flexibility index (Phi) is 5.81. The molecule has 27 heavy (non-hydrogen) atoms. The Hall–Kier alpha value is -3.21. The number of nitrogens with zero attached hydrogens (tertiary/aromatic N) is 1. The van der Waals surface area contributed by atoms with Crippen LogP contribution in [0.2, 0.25) is 0 Å². The lowest BCUT2D eigenvalue weighted by Crippen LogP contribution is -2.15. The molecule has 1 aromatic heterocycles. The molecule has 0 bridgehead atoms. The number of anilines is 2. The van der Waals surface area contributed by atoms with Crippen LogP contribution in [0.25, 0.3) is 0 Å². The molecule has 3 aromatic rings. The summed E-state index contributed by atoms with van der Waals surface area (Å²) < 4.78 is 13.7. The molecule has 0 aliphatic rings. The van der Waals surface area contributed by atoms with Gasteiger partial charge in [0.25, 0.3) is 5.91 Å². The molecule has 0 spiro atoms. The second-order valence-corrected chi connectivity index (χ2v) is 6.45. The van der Waals surface area contributed by atoms with Gasteiger partial charge in [0.05, 0.1) is 11.3 Å². The number of aromatic nitrogens is 1. The zero-order valence-corrected chi connectivity index (χ0v) is 15.4. The summed E-state index contributed by atoms with van der Waals surface area (Å²) in [6, 6.07) is 14.3. The molecule has 0 saturated heterocycles. The second kappa shape index (κ2) is 8.45. The predicted molar refractivity (Wildman–Crippen MR) is 107 cm³/mol. The third kappa shape index (κ3) is 4.70. The number of pyridine rings is 1. The van der Waals surface area contributed by atoms with Crippen LogP contribution in [0.15, 0.2) is 60.9 Å². The van der Waals surface area contributed by atoms with E-state index in [4.69, 9.17) is 0 Å². The molecule has 0 fully saturated rings. The van der Waals surface area contributed by atoms with Gasteiger partial charge in [-0.1, -0.05) is 36.4 Å². The maximum Gasteiger partial charge on any atom is 0.257 e. The van der Waals surface area contributed by atoms with Crippen molar-refractivity contribution in [3.63, 3.8) is 0 Å². The summed E-state index contributed by atoms with van der Waals surface area (Å²) in [4.78, 5) is 16.7. The number of halogens is 1. The number of carbonyl (C=O) groups is 1. The van der Waals surface area contributed by atoms with Gasteiger partial charge in [-0.3, -0.25) is 9.78 Å². The standard InChI is InChI=1S/C22H22FN3O/c1-15-6-5-7-16(2)21(15)26-22(27)18-12-19(14-24-13-18)25-11-10-17-8-3-4-9-20(17)23/h3-9,12-14,25H,10-11H2,1-2H3,(H,26,27). The molecule has 3 rings (SSSR count). The molecular formula is C22H22FN3O. The first-order chi connectivity index (χ1) is 13.0. The normalized spacial score (nSPS) is 10.5. The Morgan fingerprint density at radius 1 is 1.04 bits per heavy atom. The molecular weight excluding hydrogens is 341 g/mol. The average molecular weight is 363 g/mol. The summed E-state index contributed by atoms with van der Waals surface area (Å²) in [7, 11) is 0. The first-order valence-electron chi connectivity index (χ1n) is 8.84. The number of carbonyl (C=O) groups excluding carboxylic acids is 1. The van der Waals surface area contributed by atoms with E-state index in [2.05, 4.69) is 15.6 Å². The summed E-state index contributed by atoms with van der Waals surface area (Å²) in [6.45, 7) is 4.47. The smallest absolute Gasteiger partial charge is 0.257 e. The lowest BCUT2D eigenvalue weighted by molar-refractivity contribution is 0.102. The second-order valence-electron chi connectivity index (χ2n) is 6.45. The number of amides is 1. The maximum atomic E-state index is 13.7. The minimum Gasteiger partial charge on any atom is -0.383 e. The van der Waals surface area contributed by atoms with Gasteiger partial charge in [-0.2, -0.15) is 0 Å². The van der Waals surface area contributed by atoms with Crippen LogP contribution < -0.4 is 10.6 Å². The van der Waals surface area contributed by atoms with Crippen LogP contribution in [0.1, 0.15) is 27.0 Å². The molecule has 0 aliphatic carbocycles. The van der Waals surface area contributed by atoms with Crippen LogP contribution in [0.3, 0.4) is 0 Å². The van der Waals surface area contributed by atoms with Gasteiger partial charge in [-0.15, -0.1) is 0 Å². The molecule has 0 atom stereocenters. The summed E-state index contributed by atoms with van der Waals surface area (Å²) in [5, 5.41) is 6.15. The minimum absolute atomic E-state index is 0.209. The molecule has 2 aromatic carbocycles. The van der Waals surface area contributed by atoms with Gasteiger partial charge in [-0.05, 0) is 49.1 Å². The Morgan fingerprint density at radius 3 is 2.52 bits per heavy atom. The molecule has 1 amide bonds. The lowest BCUT2D eigenvalue weighted by atomic mass is 10.1. The first kappa shape index (κ1) is 18.6. The molecule has 138 valence electrons. The molecule has 5 heteroatoms. The summed E-state index contributed by atoms with van der Waals surface area (Å²) in [6.07, 6.45) is 3.73. The van der Waals surface area contributed by atoms with Crippen molar-refractivity contribution in [2.24, 2.45) is 0 Å². The topological polar surface area (TPSA) is 54.0 Å². The van der Waals surface area contributed by atoms with Crippen molar-refractivity contribution >= 4 is 17.3 Å². The molecule has 2 N–H and O–H groups in total. The largest absolute Gasteiger partial charge is 0.383 e. The summed E-state index contributed by atoms with van der Waals surface area (Å²) >= 11 is 0. The Labute approximate surface area is 158 Å². The molecule has 1 heterocycles. The zero-order valence-electron chi connectivity index (χ0n) is 15.4. The summed E-state index contributed by atoms with van der Waals surface area (Å²) in [5.74, 6) is -0.420. The van der Waals surface area contributed by atoms with E-state index in [1.165, 1.54) is 12.3 Å². The van der Waals surface area contributed by atoms with E-state index in [0.717, 1.165) is 22.5 Å². The average Bonchev–Trinajstić information content (AvgIpc) is 2.66. The van der Waals surface area contributed by atoms with E-state index in [1.54, 1.807) is 24.4 Å². The molecule has 0 unspecified atom stereocenters. The van der Waals surface area contributed by atoms with Crippen molar-refractivity contribution in [3.05, 3.63) is 89.0 Å². The Balaban J connectivity index is 1.64. The van der Waals surface area contributed by atoms with Gasteiger partial charge >= 0.3 is 0 Å². The van der Waals surface area contributed by atoms with E-state index < -0.39 is 0 Å². The van der Waals surface area contributed by atoms with Gasteiger partial charge < -0.3 is 10.6 Å². The van der Waals surface area contributed by atoms with E-state index in [0.29, 0.717) is 24.1 Å². The molecule has 4 nitrogen and oxygen atoms in total. The van der Waals surface area contributed by atoms with Crippen LogP contribution in [-0.2, 0) is 6.42 Å². The number of aryl methyl sites for hydroxylation is 2. The zero-order chi connectivity index (χ0) is 19.2. The van der Waals surface area contributed by atoms with Gasteiger partial charge in [0.1, 0.15) is 5.82 Å². The highest BCUT2D eigenvalue weighted by atomic mass is 19.1. The fraction of sp³-hybridized carbons (Fsp3) is 0.182. The highest BCUT2D eigenvalue weighted by Gasteiger charge is 2.11. The number of hydrogen-bond donors (Lipinski definition) is 2. The van der Waals surface area contributed by atoms with E-state index >= 15 is 0 Å². The van der Waals surface area contributed by atoms with Crippen molar-refractivity contribution in [2.45, 2.75) is 20.3 Å². The third-order valence-corrected chi connectivity index (χ3v) is 4.40. The minimum atomic E-state index is -0.211. The maximum absolute atomic E-state index is 13.7. The number of benzene rings is 2. The monoisotopic (exact) mass is 363 g/mol. The number of nitrogens with one attached hydrogen (secondary N) is 2. The van der Waals surface area contributed by atoms with Gasteiger partial charge in [0.15, 0.2) is 0 Å². The van der Waals surface area contributed by atoms with Crippen LogP contribution >= 0.6 is 0 Å². The van der Waals surface area contributed by atoms with E-state index in [9.17, 15) is 9.18 Å². The van der Waals surface area contributed by atoms with Crippen LogP contribution in [0.5, 0.6) is 0 Å². The number of para-hydroxylation sites is 1. The predicted octanol–water partition coefficient (Wildman–Crippen LogP) is 4.74. The lowest BCUT2D eigenvalue weighted by Gasteiger charge is -2.12. The third-order valence-electron chi connectivity index (χ3n) is 4.40. The van der Waals surface area contributed by atoms with Crippen molar-refractivity contribution in [2.75, 3.05) is 17.2 Å². The van der Waals surface area contributed by atoms with E-state index in [-0.39, 0.29) is 11.7 Å². The fourth-order valence-electron chi connectivity index (χ4n) is 2.90. The quantitative estimate of drug-likeness (QED) is 0.665. The number of hydrogen-bond acceptors (Lipinski definition) is 3. The molecule has 0 radical (unpaired) electrons. The molecule has 0 saturated carbocycles. The highest BCUT2D eigenvalue weighted by molar-refractivity contribution is 6.05. The van der Waals surface area contributed by atoms with Gasteiger partial charge in [-0.25, -0.2) is 4.39 Å². The Morgan fingerprint density at radius 2 is 1.78 bits per heavy atom. The van der Waals surface area contributed by atoms with Gasteiger partial charge in [0, 0.05) is 24.6 Å². The summed E-state index contributed by atoms with van der Waals surface area (Å²) in [5.41, 5.74) is 4.68. The van der Waals surface area contributed by atoms with Crippen LogP contribution in [0, 0.1) is 19.7 Å². The SMILES string of the molecule is Cc1cccc(C)c1NC(=O)c1cncc(NCCc2ccccc2F)c1. The van der Waals surface area contributed by atoms with E-state index in [1.807, 2.05) is 38.1 Å². The number of rotatable bonds is 6. The Bertz CT molecular complexity index is 936. The fourth-order valence-corrected chi connectivity index (χ4v) is 2.90. The van der Waals surface area contributed by atoms with Crippen molar-refractivity contribution in [1.82, 2.24) is 4.98 Å². The van der Waals surface area contributed by atoms with Crippen molar-refractivity contribution in [3.8, 4) is 0 Å². The van der Waals surface area contributed by atoms with Crippen molar-refractivity contribution < 1.29 is 9.18 Å². The van der Waals surface area contributed by atoms with Crippen molar-refractivity contribution in [1.29, 1.82) is 0 Å². The van der Waals surface area contributed by atoms with Crippen LogP contribution in [0.4, 0.5) is 15.8 Å².